The lowest BCUT2D eigenvalue weighted by Gasteiger charge is -2.35. The van der Waals surface area contributed by atoms with Gasteiger partial charge in [-0.3, -0.25) is 9.59 Å². The molecule has 2 aliphatic rings. The molecule has 0 radical (unpaired) electrons. The van der Waals surface area contributed by atoms with Crippen molar-refractivity contribution in [2.75, 3.05) is 54.8 Å². The zero-order chi connectivity index (χ0) is 25.9. The van der Waals surface area contributed by atoms with Crippen LogP contribution in [-0.4, -0.2) is 69.6 Å². The summed E-state index contributed by atoms with van der Waals surface area (Å²) < 4.78 is 40.1. The molecule has 8 nitrogen and oxygen atoms in total. The zero-order valence-corrected chi connectivity index (χ0v) is 21.6. The molecule has 1 N–H and O–H groups in total. The molecule has 0 bridgehead atoms. The molecule has 2 aliphatic heterocycles. The number of hydrogen-bond acceptors (Lipinski definition) is 5. The minimum atomic E-state index is -3.44. The third-order valence-electron chi connectivity index (χ3n) is 7.00. The number of nitrogens with zero attached hydrogens (tertiary/aromatic N) is 3. The number of rotatable bonds is 8. The number of carbonyl (C=O) groups is 2. The van der Waals surface area contributed by atoms with Crippen LogP contribution >= 0.6 is 0 Å². The smallest absolute Gasteiger partial charge is 0.227 e. The van der Waals surface area contributed by atoms with Crippen molar-refractivity contribution in [3.63, 3.8) is 0 Å². The quantitative estimate of drug-likeness (QED) is 0.545. The topological polar surface area (TPSA) is 90.0 Å². The number of aryl methyl sites for hydroxylation is 2. The Balaban J connectivity index is 1.20. The molecule has 36 heavy (non-hydrogen) atoms. The lowest BCUT2D eigenvalue weighted by Crippen LogP contribution is -2.49. The van der Waals surface area contributed by atoms with Gasteiger partial charge in [-0.1, -0.05) is 6.07 Å². The molecule has 0 aromatic heterocycles. The second-order valence-corrected chi connectivity index (χ2v) is 11.6. The lowest BCUT2D eigenvalue weighted by atomic mass is 10.1. The molecule has 194 valence electrons. The minimum Gasteiger partial charge on any atom is -0.369 e. The van der Waals surface area contributed by atoms with E-state index in [1.165, 1.54) is 16.4 Å². The van der Waals surface area contributed by atoms with Gasteiger partial charge in [-0.25, -0.2) is 12.8 Å². The van der Waals surface area contributed by atoms with Crippen LogP contribution in [0.5, 0.6) is 0 Å². The number of hydrogen-bond donors (Lipinski definition) is 1. The average molecular weight is 517 g/mol. The van der Waals surface area contributed by atoms with Gasteiger partial charge in [0, 0.05) is 57.1 Å². The van der Waals surface area contributed by atoms with Crippen LogP contribution in [0.25, 0.3) is 0 Å². The summed E-state index contributed by atoms with van der Waals surface area (Å²) >= 11 is 0. The number of amides is 2. The monoisotopic (exact) mass is 516 g/mol. The molecule has 1 atom stereocenters. The first-order valence-corrected chi connectivity index (χ1v) is 13.9. The van der Waals surface area contributed by atoms with Crippen LogP contribution in [0, 0.1) is 25.6 Å². The molecule has 2 amide bonds. The van der Waals surface area contributed by atoms with Gasteiger partial charge >= 0.3 is 0 Å². The molecular formula is C26H33FN4O4S. The minimum absolute atomic E-state index is 0.0534. The fraction of sp³-hybridized carbons (Fsp3) is 0.462. The summed E-state index contributed by atoms with van der Waals surface area (Å²) in [5.74, 6) is -1.11. The maximum atomic E-state index is 13.1. The van der Waals surface area contributed by atoms with Crippen molar-refractivity contribution in [3.05, 3.63) is 59.4 Å². The molecule has 2 heterocycles. The highest BCUT2D eigenvalue weighted by Gasteiger charge is 2.35. The number of halogens is 1. The molecule has 1 unspecified atom stereocenters. The molecule has 2 aromatic carbocycles. The van der Waals surface area contributed by atoms with Gasteiger partial charge in [0.15, 0.2) is 0 Å². The van der Waals surface area contributed by atoms with Crippen molar-refractivity contribution in [2.45, 2.75) is 26.7 Å². The van der Waals surface area contributed by atoms with Crippen LogP contribution in [0.2, 0.25) is 0 Å². The van der Waals surface area contributed by atoms with Gasteiger partial charge in [-0.15, -0.1) is 0 Å². The van der Waals surface area contributed by atoms with Crippen molar-refractivity contribution in [3.8, 4) is 0 Å². The molecule has 10 heteroatoms. The van der Waals surface area contributed by atoms with Gasteiger partial charge in [0.05, 0.1) is 11.7 Å². The number of anilines is 2. The van der Waals surface area contributed by atoms with E-state index in [0.29, 0.717) is 39.1 Å². The summed E-state index contributed by atoms with van der Waals surface area (Å²) in [4.78, 5) is 28.8. The van der Waals surface area contributed by atoms with Crippen molar-refractivity contribution >= 4 is 33.2 Å². The molecule has 2 saturated heterocycles. The van der Waals surface area contributed by atoms with E-state index >= 15 is 0 Å². The van der Waals surface area contributed by atoms with Crippen LogP contribution < -0.4 is 15.1 Å². The van der Waals surface area contributed by atoms with Crippen molar-refractivity contribution in [1.29, 1.82) is 0 Å². The molecule has 4 rings (SSSR count). The van der Waals surface area contributed by atoms with Crippen molar-refractivity contribution in [1.82, 2.24) is 9.62 Å². The van der Waals surface area contributed by atoms with Gasteiger partial charge in [-0.05, 0) is 67.8 Å². The van der Waals surface area contributed by atoms with Crippen LogP contribution in [0.15, 0.2) is 42.5 Å². The average Bonchev–Trinajstić information content (AvgIpc) is 3.25. The number of carbonyl (C=O) groups excluding carboxylic acids is 2. The van der Waals surface area contributed by atoms with E-state index in [2.05, 4.69) is 5.32 Å². The summed E-state index contributed by atoms with van der Waals surface area (Å²) in [6.07, 6.45) is 0.448. The van der Waals surface area contributed by atoms with Crippen LogP contribution in [0.3, 0.4) is 0 Å². The maximum absolute atomic E-state index is 13.1. The van der Waals surface area contributed by atoms with Crippen molar-refractivity contribution < 1.29 is 22.4 Å². The molecule has 0 spiro atoms. The van der Waals surface area contributed by atoms with E-state index in [1.807, 2.05) is 36.9 Å². The Bertz CT molecular complexity index is 1210. The summed E-state index contributed by atoms with van der Waals surface area (Å²) in [6, 6.07) is 12.0. The zero-order valence-electron chi connectivity index (χ0n) is 20.7. The highest BCUT2D eigenvalue weighted by molar-refractivity contribution is 7.89. The Kier molecular flexibility index (Phi) is 7.94. The molecule has 0 aliphatic carbocycles. The Morgan fingerprint density at radius 2 is 1.67 bits per heavy atom. The highest BCUT2D eigenvalue weighted by Crippen LogP contribution is 2.27. The summed E-state index contributed by atoms with van der Waals surface area (Å²) in [5.41, 5.74) is 3.90. The van der Waals surface area contributed by atoms with Crippen LogP contribution in [0.1, 0.15) is 24.0 Å². The molecule has 0 saturated carbocycles. The Morgan fingerprint density at radius 3 is 2.33 bits per heavy atom. The summed E-state index contributed by atoms with van der Waals surface area (Å²) in [6.45, 7) is 6.36. The Morgan fingerprint density at radius 1 is 1.00 bits per heavy atom. The SMILES string of the molecule is Cc1ccc(N2CC(C(=O)NCCCS(=O)(=O)N3CCN(c4ccc(F)cc4)CC3)CC2=O)cc1C. The normalized spacial score (nSPS) is 19.1. The van der Waals surface area contributed by atoms with E-state index in [0.717, 1.165) is 22.5 Å². The number of sulfonamides is 1. The van der Waals surface area contributed by atoms with Gasteiger partial charge in [0.1, 0.15) is 5.82 Å². The van der Waals surface area contributed by atoms with Gasteiger partial charge < -0.3 is 15.1 Å². The Hall–Kier alpha value is -2.98. The predicted octanol–water partition coefficient (Wildman–Crippen LogP) is 2.45. The third kappa shape index (κ3) is 6.04. The van der Waals surface area contributed by atoms with Crippen LogP contribution in [0.4, 0.5) is 15.8 Å². The number of piperazine rings is 1. The second-order valence-electron chi connectivity index (χ2n) is 9.50. The van der Waals surface area contributed by atoms with Gasteiger partial charge in [0.25, 0.3) is 0 Å². The largest absolute Gasteiger partial charge is 0.369 e. The van der Waals surface area contributed by atoms with E-state index in [-0.39, 0.29) is 36.4 Å². The maximum Gasteiger partial charge on any atom is 0.227 e. The summed E-state index contributed by atoms with van der Waals surface area (Å²) in [7, 11) is -3.44. The van der Waals surface area contributed by atoms with Crippen LogP contribution in [-0.2, 0) is 19.6 Å². The second kappa shape index (κ2) is 11.0. The fourth-order valence-electron chi connectivity index (χ4n) is 4.64. The van der Waals surface area contributed by atoms with E-state index in [1.54, 1.807) is 17.0 Å². The predicted molar refractivity (Wildman–Crippen MR) is 138 cm³/mol. The highest BCUT2D eigenvalue weighted by atomic mass is 32.2. The first kappa shape index (κ1) is 26.1. The number of benzene rings is 2. The van der Waals surface area contributed by atoms with Crippen molar-refractivity contribution in [2.24, 2.45) is 5.92 Å². The molecule has 2 fully saturated rings. The van der Waals surface area contributed by atoms with E-state index in [9.17, 15) is 22.4 Å². The van der Waals surface area contributed by atoms with Gasteiger partial charge in [0.2, 0.25) is 21.8 Å². The van der Waals surface area contributed by atoms with E-state index < -0.39 is 15.9 Å². The number of nitrogens with one attached hydrogen (secondary N) is 1. The first-order chi connectivity index (χ1) is 17.1. The van der Waals surface area contributed by atoms with Gasteiger partial charge in [-0.2, -0.15) is 4.31 Å². The first-order valence-electron chi connectivity index (χ1n) is 12.3. The molecule has 2 aromatic rings. The van der Waals surface area contributed by atoms with E-state index in [4.69, 9.17) is 0 Å². The molecular weight excluding hydrogens is 483 g/mol. The Labute approximate surface area is 212 Å². The fourth-order valence-corrected chi connectivity index (χ4v) is 6.13. The standard InChI is InChI=1S/C26H33FN4O4S/c1-19-4-7-24(16-20(19)2)31-18-21(17-25(31)32)26(33)28-10-3-15-36(34,35)30-13-11-29(12-14-30)23-8-5-22(27)6-9-23/h4-9,16,21H,3,10-15,17-18H2,1-2H3,(H,28,33). The lowest BCUT2D eigenvalue weighted by molar-refractivity contribution is -0.126. The summed E-state index contributed by atoms with van der Waals surface area (Å²) in [5, 5.41) is 2.81. The third-order valence-corrected chi connectivity index (χ3v) is 8.96.